The topological polar surface area (TPSA) is 58.9 Å². The molecule has 1 aromatic carbocycles. The molecule has 0 aliphatic carbocycles. The highest BCUT2D eigenvalue weighted by molar-refractivity contribution is 7.88. The molecular formula is C6H4N2O2S. The third-order valence-electron chi connectivity index (χ3n) is 1.31. The van der Waals surface area contributed by atoms with E-state index in [9.17, 15) is 8.42 Å². The van der Waals surface area contributed by atoms with Crippen LogP contribution in [0.3, 0.4) is 0 Å². The van der Waals surface area contributed by atoms with Gasteiger partial charge in [-0.05, 0) is 12.1 Å². The Morgan fingerprint density at radius 3 is 1.91 bits per heavy atom. The first-order valence-corrected chi connectivity index (χ1v) is 4.37. The second-order valence-electron chi connectivity index (χ2n) is 2.12. The van der Waals surface area contributed by atoms with Crippen LogP contribution in [-0.2, 0) is 10.2 Å². The van der Waals surface area contributed by atoms with Gasteiger partial charge in [0.05, 0.1) is 0 Å². The quantitative estimate of drug-likeness (QED) is 0.508. The molecule has 11 heavy (non-hydrogen) atoms. The molecule has 1 heterocycles. The average molecular weight is 168 g/mol. The molecule has 0 radical (unpaired) electrons. The molecule has 0 spiro atoms. The SMILES string of the molecule is O=S1(=O)N=c2ccccc2=N1. The molecule has 0 fully saturated rings. The number of hydrogen-bond donors (Lipinski definition) is 0. The largest absolute Gasteiger partial charge is 0.364 e. The Morgan fingerprint density at radius 1 is 1.00 bits per heavy atom. The molecule has 1 aliphatic rings. The normalized spacial score (nSPS) is 18.2. The van der Waals surface area contributed by atoms with E-state index in [0.29, 0.717) is 10.7 Å². The molecule has 0 N–H and O–H groups in total. The molecule has 2 rings (SSSR count). The second-order valence-corrected chi connectivity index (χ2v) is 3.38. The minimum atomic E-state index is -3.56. The van der Waals surface area contributed by atoms with Gasteiger partial charge in [0.1, 0.15) is 10.7 Å². The number of nitrogens with zero attached hydrogens (tertiary/aromatic N) is 2. The van der Waals surface area contributed by atoms with Gasteiger partial charge in [-0.25, -0.2) is 0 Å². The number of rotatable bonds is 0. The van der Waals surface area contributed by atoms with Crippen LogP contribution in [0.2, 0.25) is 0 Å². The molecule has 0 saturated heterocycles. The maximum absolute atomic E-state index is 10.8. The van der Waals surface area contributed by atoms with E-state index in [-0.39, 0.29) is 0 Å². The third-order valence-corrected chi connectivity index (χ3v) is 2.16. The van der Waals surface area contributed by atoms with Crippen molar-refractivity contribution in [3.8, 4) is 0 Å². The number of hydrogen-bond acceptors (Lipinski definition) is 2. The lowest BCUT2D eigenvalue weighted by atomic mass is 10.3. The zero-order chi connectivity index (χ0) is 7.90. The van der Waals surface area contributed by atoms with E-state index in [4.69, 9.17) is 0 Å². The fraction of sp³-hybridized carbons (Fsp3) is 0. The molecule has 4 nitrogen and oxygen atoms in total. The third kappa shape index (κ3) is 1.03. The molecular weight excluding hydrogens is 164 g/mol. The summed E-state index contributed by atoms with van der Waals surface area (Å²) < 4.78 is 28.3. The number of benzene rings is 1. The van der Waals surface area contributed by atoms with E-state index < -0.39 is 10.2 Å². The lowest BCUT2D eigenvalue weighted by molar-refractivity contribution is 0.599. The molecule has 56 valence electrons. The zero-order valence-corrected chi connectivity index (χ0v) is 6.25. The molecule has 0 unspecified atom stereocenters. The van der Waals surface area contributed by atoms with E-state index in [0.717, 1.165) is 0 Å². The maximum atomic E-state index is 10.8. The van der Waals surface area contributed by atoms with Crippen LogP contribution in [0.25, 0.3) is 0 Å². The van der Waals surface area contributed by atoms with Crippen molar-refractivity contribution in [1.29, 1.82) is 0 Å². The first-order chi connectivity index (χ1) is 5.17. The van der Waals surface area contributed by atoms with Gasteiger partial charge in [0.15, 0.2) is 0 Å². The van der Waals surface area contributed by atoms with Crippen LogP contribution in [-0.4, -0.2) is 8.42 Å². The lowest BCUT2D eigenvalue weighted by Gasteiger charge is -1.74. The van der Waals surface area contributed by atoms with Gasteiger partial charge >= 0.3 is 10.2 Å². The predicted octanol–water partition coefficient (Wildman–Crippen LogP) is -0.816. The summed E-state index contributed by atoms with van der Waals surface area (Å²) in [4.78, 5) is 0. The van der Waals surface area contributed by atoms with Crippen molar-refractivity contribution in [3.63, 3.8) is 0 Å². The number of fused-ring (bicyclic) bond motifs is 1. The smallest absolute Gasteiger partial charge is 0.179 e. The van der Waals surface area contributed by atoms with Crippen molar-refractivity contribution in [2.45, 2.75) is 0 Å². The average Bonchev–Trinajstić information content (AvgIpc) is 2.21. The summed E-state index contributed by atoms with van der Waals surface area (Å²) in [6.07, 6.45) is 0. The molecule has 5 heteroatoms. The van der Waals surface area contributed by atoms with Crippen molar-refractivity contribution in [1.82, 2.24) is 0 Å². The molecule has 0 amide bonds. The Hall–Kier alpha value is -1.23. The first kappa shape index (κ1) is 6.48. The van der Waals surface area contributed by atoms with Crippen molar-refractivity contribution < 1.29 is 8.42 Å². The lowest BCUT2D eigenvalue weighted by Crippen LogP contribution is -2.19. The van der Waals surface area contributed by atoms with Gasteiger partial charge in [0, 0.05) is 0 Å². The van der Waals surface area contributed by atoms with Gasteiger partial charge in [-0.15, -0.1) is 8.80 Å². The summed E-state index contributed by atoms with van der Waals surface area (Å²) in [6, 6.07) is 6.67. The first-order valence-electron chi connectivity index (χ1n) is 2.97. The molecule has 1 aliphatic heterocycles. The minimum Gasteiger partial charge on any atom is -0.179 e. The highest BCUT2D eigenvalue weighted by atomic mass is 32.2. The minimum absolute atomic E-state index is 0.424. The molecule has 0 aromatic heterocycles. The molecule has 0 atom stereocenters. The van der Waals surface area contributed by atoms with Crippen molar-refractivity contribution in [3.05, 3.63) is 35.0 Å². The molecule has 0 saturated carbocycles. The van der Waals surface area contributed by atoms with Crippen LogP contribution in [0.15, 0.2) is 33.1 Å². The van der Waals surface area contributed by atoms with Crippen molar-refractivity contribution in [2.75, 3.05) is 0 Å². The second kappa shape index (κ2) is 1.88. The van der Waals surface area contributed by atoms with E-state index >= 15 is 0 Å². The van der Waals surface area contributed by atoms with Crippen LogP contribution in [0.1, 0.15) is 0 Å². The summed E-state index contributed by atoms with van der Waals surface area (Å²) in [5, 5.41) is 0.847. The Labute approximate surface area is 63.1 Å². The summed E-state index contributed by atoms with van der Waals surface area (Å²) >= 11 is 0. The Morgan fingerprint density at radius 2 is 1.45 bits per heavy atom. The van der Waals surface area contributed by atoms with Crippen molar-refractivity contribution >= 4 is 10.2 Å². The highest BCUT2D eigenvalue weighted by Gasteiger charge is 2.09. The van der Waals surface area contributed by atoms with Crippen LogP contribution in [0.4, 0.5) is 0 Å². The van der Waals surface area contributed by atoms with E-state index in [1.165, 1.54) is 0 Å². The van der Waals surface area contributed by atoms with Crippen LogP contribution < -0.4 is 10.7 Å². The Balaban J connectivity index is 3.03. The van der Waals surface area contributed by atoms with Gasteiger partial charge in [0.2, 0.25) is 0 Å². The van der Waals surface area contributed by atoms with Gasteiger partial charge in [-0.3, -0.25) is 0 Å². The Bertz CT molecular complexity index is 463. The van der Waals surface area contributed by atoms with Gasteiger partial charge in [-0.2, -0.15) is 8.42 Å². The predicted molar refractivity (Wildman–Crippen MR) is 37.7 cm³/mol. The fourth-order valence-electron chi connectivity index (χ4n) is 0.888. The van der Waals surface area contributed by atoms with E-state index in [1.54, 1.807) is 24.3 Å². The van der Waals surface area contributed by atoms with Crippen LogP contribution in [0, 0.1) is 0 Å². The van der Waals surface area contributed by atoms with Crippen LogP contribution in [0.5, 0.6) is 0 Å². The summed E-state index contributed by atoms with van der Waals surface area (Å²) in [5.41, 5.74) is 0. The van der Waals surface area contributed by atoms with Crippen LogP contribution >= 0.6 is 0 Å². The fourth-order valence-corrected chi connectivity index (χ4v) is 1.73. The van der Waals surface area contributed by atoms with E-state index in [1.807, 2.05) is 0 Å². The van der Waals surface area contributed by atoms with Gasteiger partial charge < -0.3 is 0 Å². The standard InChI is InChI=1S/C6H4N2O2S/c9-11(10)7-5-3-1-2-4-6(5)8-11/h1-4H. The summed E-state index contributed by atoms with van der Waals surface area (Å²) in [7, 11) is -3.56. The van der Waals surface area contributed by atoms with E-state index in [2.05, 4.69) is 8.80 Å². The maximum Gasteiger partial charge on any atom is 0.364 e. The van der Waals surface area contributed by atoms with Gasteiger partial charge in [0.25, 0.3) is 0 Å². The zero-order valence-electron chi connectivity index (χ0n) is 5.43. The highest BCUT2D eigenvalue weighted by Crippen LogP contribution is 1.93. The summed E-state index contributed by atoms with van der Waals surface area (Å²) in [6.45, 7) is 0. The molecule has 0 bridgehead atoms. The Kier molecular flexibility index (Phi) is 1.11. The monoisotopic (exact) mass is 168 g/mol. The summed E-state index contributed by atoms with van der Waals surface area (Å²) in [5.74, 6) is 0. The van der Waals surface area contributed by atoms with Gasteiger partial charge in [-0.1, -0.05) is 12.1 Å². The molecule has 1 aromatic rings. The van der Waals surface area contributed by atoms with Crippen molar-refractivity contribution in [2.24, 2.45) is 8.80 Å².